The summed E-state index contributed by atoms with van der Waals surface area (Å²) in [6.45, 7) is 1.79. The number of carbonyl (C=O) groups is 1. The van der Waals surface area contributed by atoms with Gasteiger partial charge < -0.3 is 4.90 Å². The van der Waals surface area contributed by atoms with Gasteiger partial charge in [-0.2, -0.15) is 0 Å². The van der Waals surface area contributed by atoms with Crippen LogP contribution in [-0.2, 0) is 14.6 Å². The molecule has 0 spiro atoms. The van der Waals surface area contributed by atoms with Gasteiger partial charge in [0.1, 0.15) is 6.17 Å². The molecule has 1 aromatic rings. The third-order valence-electron chi connectivity index (χ3n) is 4.08. The molecule has 0 saturated carbocycles. The Balaban J connectivity index is 1.94. The predicted molar refractivity (Wildman–Crippen MR) is 80.7 cm³/mol. The zero-order chi connectivity index (χ0) is 15.2. The molecule has 0 aromatic heterocycles. The molecular formula is C14H17ClN2O3S. The summed E-state index contributed by atoms with van der Waals surface area (Å²) < 4.78 is 23.4. The Labute approximate surface area is 129 Å². The van der Waals surface area contributed by atoms with Crippen molar-refractivity contribution in [2.45, 2.75) is 31.6 Å². The van der Waals surface area contributed by atoms with Gasteiger partial charge >= 0.3 is 0 Å². The summed E-state index contributed by atoms with van der Waals surface area (Å²) in [5.74, 6) is 0.143. The van der Waals surface area contributed by atoms with Crippen molar-refractivity contribution in [3.05, 3.63) is 34.9 Å². The van der Waals surface area contributed by atoms with Crippen LogP contribution in [0.5, 0.6) is 0 Å². The highest BCUT2D eigenvalue weighted by Crippen LogP contribution is 2.32. The second kappa shape index (κ2) is 5.26. The lowest BCUT2D eigenvalue weighted by Crippen LogP contribution is -2.40. The third-order valence-corrected chi connectivity index (χ3v) is 6.06. The van der Waals surface area contributed by atoms with E-state index in [1.807, 2.05) is 12.1 Å². The molecule has 2 aliphatic rings. The summed E-state index contributed by atoms with van der Waals surface area (Å²) in [6.07, 6.45) is 0.184. The zero-order valence-corrected chi connectivity index (χ0v) is 13.2. The summed E-state index contributed by atoms with van der Waals surface area (Å²) >= 11 is 6.02. The van der Waals surface area contributed by atoms with Crippen molar-refractivity contribution in [3.63, 3.8) is 0 Å². The molecular weight excluding hydrogens is 312 g/mol. The van der Waals surface area contributed by atoms with Gasteiger partial charge in [0.15, 0.2) is 9.84 Å². The SMILES string of the molecule is CC1NC(c2cccc(Cl)c2)N(C2CCS(=O)(=O)C2)C1=O. The predicted octanol–water partition coefficient (Wildman–Crippen LogP) is 1.35. The summed E-state index contributed by atoms with van der Waals surface area (Å²) in [5.41, 5.74) is 0.879. The van der Waals surface area contributed by atoms with E-state index in [1.54, 1.807) is 24.0 Å². The first-order chi connectivity index (χ1) is 9.87. The molecule has 3 rings (SSSR count). The van der Waals surface area contributed by atoms with Crippen LogP contribution in [0.25, 0.3) is 0 Å². The van der Waals surface area contributed by atoms with Gasteiger partial charge in [0.05, 0.1) is 17.5 Å². The second-order valence-corrected chi connectivity index (χ2v) is 8.31. The number of sulfone groups is 1. The van der Waals surface area contributed by atoms with E-state index in [2.05, 4.69) is 5.32 Å². The first kappa shape index (κ1) is 14.8. The molecule has 2 aliphatic heterocycles. The van der Waals surface area contributed by atoms with E-state index in [4.69, 9.17) is 11.6 Å². The second-order valence-electron chi connectivity index (χ2n) is 5.65. The minimum absolute atomic E-state index is 0.0458. The number of halogens is 1. The van der Waals surface area contributed by atoms with Gasteiger partial charge in [-0.15, -0.1) is 0 Å². The Bertz CT molecular complexity index is 677. The van der Waals surface area contributed by atoms with Crippen LogP contribution in [-0.4, -0.2) is 42.8 Å². The minimum atomic E-state index is -3.04. The number of rotatable bonds is 2. The summed E-state index contributed by atoms with van der Waals surface area (Å²) in [5, 5.41) is 3.82. The number of carbonyl (C=O) groups excluding carboxylic acids is 1. The Kier molecular flexibility index (Phi) is 3.71. The third kappa shape index (κ3) is 2.80. The lowest BCUT2D eigenvalue weighted by atomic mass is 10.1. The van der Waals surface area contributed by atoms with Gasteiger partial charge in [-0.05, 0) is 31.0 Å². The van der Waals surface area contributed by atoms with Crippen LogP contribution < -0.4 is 5.32 Å². The average Bonchev–Trinajstić information content (AvgIpc) is 2.91. The molecule has 3 unspecified atom stereocenters. The van der Waals surface area contributed by atoms with E-state index in [-0.39, 0.29) is 35.7 Å². The lowest BCUT2D eigenvalue weighted by Gasteiger charge is -2.29. The fourth-order valence-corrected chi connectivity index (χ4v) is 4.97. The monoisotopic (exact) mass is 328 g/mol. The van der Waals surface area contributed by atoms with Gasteiger partial charge in [0, 0.05) is 11.1 Å². The molecule has 114 valence electrons. The quantitative estimate of drug-likeness (QED) is 0.890. The molecule has 1 amide bonds. The van der Waals surface area contributed by atoms with E-state index < -0.39 is 9.84 Å². The number of nitrogens with one attached hydrogen (secondary N) is 1. The van der Waals surface area contributed by atoms with Crippen molar-refractivity contribution in [2.75, 3.05) is 11.5 Å². The summed E-state index contributed by atoms with van der Waals surface area (Å²) in [6, 6.07) is 6.72. The first-order valence-electron chi connectivity index (χ1n) is 6.91. The van der Waals surface area contributed by atoms with E-state index in [1.165, 1.54) is 0 Å². The first-order valence-corrected chi connectivity index (χ1v) is 9.11. The topological polar surface area (TPSA) is 66.5 Å². The standard InChI is InChI=1S/C14H17ClN2O3S/c1-9-14(18)17(12-5-6-21(19,20)8-12)13(16-9)10-3-2-4-11(15)7-10/h2-4,7,9,12-13,16H,5-6,8H2,1H3. The molecule has 7 heteroatoms. The van der Waals surface area contributed by atoms with Gasteiger partial charge in [0.2, 0.25) is 5.91 Å². The molecule has 0 radical (unpaired) electrons. The summed E-state index contributed by atoms with van der Waals surface area (Å²) in [7, 11) is -3.04. The van der Waals surface area contributed by atoms with Crippen LogP contribution in [0, 0.1) is 0 Å². The number of hydrogen-bond acceptors (Lipinski definition) is 4. The highest BCUT2D eigenvalue weighted by molar-refractivity contribution is 7.91. The van der Waals surface area contributed by atoms with Gasteiger partial charge in [-0.25, -0.2) is 8.42 Å². The zero-order valence-electron chi connectivity index (χ0n) is 11.6. The smallest absolute Gasteiger partial charge is 0.241 e. The van der Waals surface area contributed by atoms with Crippen LogP contribution in [0.15, 0.2) is 24.3 Å². The fourth-order valence-electron chi connectivity index (χ4n) is 3.06. The van der Waals surface area contributed by atoms with Crippen molar-refractivity contribution in [1.82, 2.24) is 10.2 Å². The number of amides is 1. The molecule has 1 N–H and O–H groups in total. The van der Waals surface area contributed by atoms with E-state index in [9.17, 15) is 13.2 Å². The number of nitrogens with zero attached hydrogens (tertiary/aromatic N) is 1. The number of benzene rings is 1. The Morgan fingerprint density at radius 1 is 1.38 bits per heavy atom. The molecule has 2 heterocycles. The van der Waals surface area contributed by atoms with Crippen LogP contribution >= 0.6 is 11.6 Å². The van der Waals surface area contributed by atoms with Gasteiger partial charge in [0.25, 0.3) is 0 Å². The molecule has 0 aliphatic carbocycles. The maximum absolute atomic E-state index is 12.4. The maximum Gasteiger partial charge on any atom is 0.241 e. The lowest BCUT2D eigenvalue weighted by molar-refractivity contribution is -0.131. The van der Waals surface area contributed by atoms with E-state index in [0.29, 0.717) is 11.4 Å². The van der Waals surface area contributed by atoms with E-state index in [0.717, 1.165) is 5.56 Å². The van der Waals surface area contributed by atoms with Gasteiger partial charge in [-0.1, -0.05) is 23.7 Å². The molecule has 0 bridgehead atoms. The minimum Gasteiger partial charge on any atom is -0.318 e. The van der Waals surface area contributed by atoms with Crippen LogP contribution in [0.3, 0.4) is 0 Å². The normalized spacial score (nSPS) is 31.8. The molecule has 5 nitrogen and oxygen atoms in total. The molecule has 2 saturated heterocycles. The summed E-state index contributed by atoms with van der Waals surface area (Å²) in [4.78, 5) is 14.1. The van der Waals surface area contributed by atoms with Crippen molar-refractivity contribution in [3.8, 4) is 0 Å². The van der Waals surface area contributed by atoms with Crippen molar-refractivity contribution < 1.29 is 13.2 Å². The largest absolute Gasteiger partial charge is 0.318 e. The Morgan fingerprint density at radius 3 is 2.76 bits per heavy atom. The molecule has 3 atom stereocenters. The number of hydrogen-bond donors (Lipinski definition) is 1. The maximum atomic E-state index is 12.4. The highest BCUT2D eigenvalue weighted by Gasteiger charge is 2.44. The van der Waals surface area contributed by atoms with Crippen molar-refractivity contribution in [1.29, 1.82) is 0 Å². The van der Waals surface area contributed by atoms with Crippen molar-refractivity contribution in [2.24, 2.45) is 0 Å². The van der Waals surface area contributed by atoms with E-state index >= 15 is 0 Å². The Hall–Kier alpha value is -1.11. The van der Waals surface area contributed by atoms with Gasteiger partial charge in [-0.3, -0.25) is 10.1 Å². The van der Waals surface area contributed by atoms with Crippen LogP contribution in [0.1, 0.15) is 25.1 Å². The molecule has 1 aromatic carbocycles. The highest BCUT2D eigenvalue weighted by atomic mass is 35.5. The Morgan fingerprint density at radius 2 is 2.14 bits per heavy atom. The average molecular weight is 329 g/mol. The van der Waals surface area contributed by atoms with Crippen molar-refractivity contribution >= 4 is 27.3 Å². The molecule has 2 fully saturated rings. The van der Waals surface area contributed by atoms with Crippen LogP contribution in [0.2, 0.25) is 5.02 Å². The van der Waals surface area contributed by atoms with Crippen LogP contribution in [0.4, 0.5) is 0 Å². The fraction of sp³-hybridized carbons (Fsp3) is 0.500. The molecule has 21 heavy (non-hydrogen) atoms.